The predicted octanol–water partition coefficient (Wildman–Crippen LogP) is 2.71. The van der Waals surface area contributed by atoms with Crippen LogP contribution in [0.2, 0.25) is 0 Å². The molecule has 8 nitrogen and oxygen atoms in total. The van der Waals surface area contributed by atoms with Crippen LogP contribution in [0.15, 0.2) is 18.5 Å². The molecule has 3 heterocycles. The summed E-state index contributed by atoms with van der Waals surface area (Å²) in [5.74, 6) is 2.00. The van der Waals surface area contributed by atoms with Crippen molar-refractivity contribution >= 4 is 16.3 Å². The molecule has 9 heteroatoms. The number of aromatic nitrogens is 3. The molecule has 0 aliphatic carbocycles. The van der Waals surface area contributed by atoms with Crippen molar-refractivity contribution in [1.82, 2.24) is 19.5 Å². The van der Waals surface area contributed by atoms with Crippen LogP contribution in [0.25, 0.3) is 4.96 Å². The Labute approximate surface area is 160 Å². The molecule has 0 saturated carbocycles. The first-order valence-corrected chi connectivity index (χ1v) is 9.55. The van der Waals surface area contributed by atoms with Gasteiger partial charge in [-0.2, -0.15) is 9.61 Å². The Kier molecular flexibility index (Phi) is 4.79. The molecule has 1 unspecified atom stereocenters. The fourth-order valence-electron chi connectivity index (χ4n) is 3.66. The van der Waals surface area contributed by atoms with Crippen molar-refractivity contribution < 1.29 is 19.3 Å². The van der Waals surface area contributed by atoms with Gasteiger partial charge in [-0.3, -0.25) is 4.90 Å². The molecule has 0 radical (unpaired) electrons. The molecular formula is C18H22N4O4S. The zero-order chi connectivity index (χ0) is 19.0. The smallest absolute Gasteiger partial charge is 0.230 e. The van der Waals surface area contributed by atoms with Gasteiger partial charge in [-0.1, -0.05) is 11.3 Å². The minimum Gasteiger partial charge on any atom is -0.497 e. The molecule has 1 saturated heterocycles. The Balaban J connectivity index is 1.94. The van der Waals surface area contributed by atoms with Gasteiger partial charge in [-0.05, 0) is 32.0 Å². The van der Waals surface area contributed by atoms with E-state index in [-0.39, 0.29) is 11.9 Å². The molecule has 27 heavy (non-hydrogen) atoms. The predicted molar refractivity (Wildman–Crippen MR) is 101 cm³/mol. The van der Waals surface area contributed by atoms with Crippen LogP contribution < -0.4 is 14.2 Å². The summed E-state index contributed by atoms with van der Waals surface area (Å²) in [6, 6.07) is 3.53. The minimum absolute atomic E-state index is 0.105. The van der Waals surface area contributed by atoms with Gasteiger partial charge in [0.1, 0.15) is 12.1 Å². The lowest BCUT2D eigenvalue weighted by atomic mass is 10.0. The van der Waals surface area contributed by atoms with E-state index in [0.717, 1.165) is 36.4 Å². The number of nitrogens with zero attached hydrogens (tertiary/aromatic N) is 4. The molecule has 0 spiro atoms. The topological polar surface area (TPSA) is 81.3 Å². The largest absolute Gasteiger partial charge is 0.497 e. The van der Waals surface area contributed by atoms with Crippen LogP contribution in [0.3, 0.4) is 0 Å². The van der Waals surface area contributed by atoms with Crippen molar-refractivity contribution in [2.45, 2.75) is 18.9 Å². The number of aromatic hydroxyl groups is 1. The third-order valence-electron chi connectivity index (χ3n) is 4.90. The Morgan fingerprint density at radius 1 is 1.11 bits per heavy atom. The van der Waals surface area contributed by atoms with E-state index in [0.29, 0.717) is 22.2 Å². The molecule has 0 amide bonds. The first-order chi connectivity index (χ1) is 13.2. The summed E-state index contributed by atoms with van der Waals surface area (Å²) in [5.41, 5.74) is 0.885. The van der Waals surface area contributed by atoms with Crippen molar-refractivity contribution in [1.29, 1.82) is 0 Å². The number of ether oxygens (including phenoxy) is 3. The van der Waals surface area contributed by atoms with Gasteiger partial charge in [0.05, 0.1) is 32.2 Å². The second-order valence-electron chi connectivity index (χ2n) is 6.34. The second kappa shape index (κ2) is 7.24. The minimum atomic E-state index is -0.208. The van der Waals surface area contributed by atoms with Gasteiger partial charge >= 0.3 is 0 Å². The summed E-state index contributed by atoms with van der Waals surface area (Å²) in [6.45, 7) is 1.86. The monoisotopic (exact) mass is 390 g/mol. The summed E-state index contributed by atoms with van der Waals surface area (Å²) < 4.78 is 18.2. The van der Waals surface area contributed by atoms with E-state index >= 15 is 0 Å². The van der Waals surface area contributed by atoms with Crippen LogP contribution in [0.4, 0.5) is 0 Å². The van der Waals surface area contributed by atoms with Gasteiger partial charge in [0.2, 0.25) is 10.8 Å². The standard InChI is InChI=1S/C18H22N4O4S/c1-24-11-8-12(15(26-3)13(9-11)25-2)14(21-6-4-5-7-21)16-17(23)22-18(27-16)19-10-20-22/h8-10,14,23H,4-7H2,1-3H3. The van der Waals surface area contributed by atoms with Crippen molar-refractivity contribution in [3.8, 4) is 23.1 Å². The quantitative estimate of drug-likeness (QED) is 0.693. The Morgan fingerprint density at radius 3 is 2.52 bits per heavy atom. The van der Waals surface area contributed by atoms with E-state index in [2.05, 4.69) is 15.0 Å². The van der Waals surface area contributed by atoms with E-state index in [1.165, 1.54) is 22.2 Å². The summed E-state index contributed by atoms with van der Waals surface area (Å²) in [6.07, 6.45) is 3.66. The number of thiazole rings is 1. The maximum Gasteiger partial charge on any atom is 0.230 e. The Morgan fingerprint density at radius 2 is 1.89 bits per heavy atom. The lowest BCUT2D eigenvalue weighted by Gasteiger charge is -2.29. The number of methoxy groups -OCH3 is 3. The fourth-order valence-corrected chi connectivity index (χ4v) is 4.75. The first-order valence-electron chi connectivity index (χ1n) is 8.73. The Hall–Kier alpha value is -2.52. The van der Waals surface area contributed by atoms with Gasteiger partial charge in [-0.15, -0.1) is 0 Å². The van der Waals surface area contributed by atoms with E-state index in [9.17, 15) is 5.11 Å². The van der Waals surface area contributed by atoms with Crippen molar-refractivity contribution in [2.24, 2.45) is 0 Å². The van der Waals surface area contributed by atoms with Crippen LogP contribution in [-0.4, -0.2) is 59.0 Å². The van der Waals surface area contributed by atoms with Crippen LogP contribution in [0, 0.1) is 0 Å². The number of benzene rings is 1. The molecule has 4 rings (SSSR count). The molecular weight excluding hydrogens is 368 g/mol. The van der Waals surface area contributed by atoms with Gasteiger partial charge in [-0.25, -0.2) is 4.98 Å². The van der Waals surface area contributed by atoms with E-state index in [4.69, 9.17) is 14.2 Å². The van der Waals surface area contributed by atoms with Crippen molar-refractivity contribution in [2.75, 3.05) is 34.4 Å². The summed E-state index contributed by atoms with van der Waals surface area (Å²) in [4.78, 5) is 7.99. The van der Waals surface area contributed by atoms with Gasteiger partial charge < -0.3 is 19.3 Å². The summed E-state index contributed by atoms with van der Waals surface area (Å²) >= 11 is 1.43. The molecule has 1 aromatic carbocycles. The first kappa shape index (κ1) is 17.9. The maximum absolute atomic E-state index is 10.8. The highest BCUT2D eigenvalue weighted by atomic mass is 32.1. The van der Waals surface area contributed by atoms with Crippen LogP contribution in [-0.2, 0) is 0 Å². The molecule has 144 valence electrons. The third-order valence-corrected chi connectivity index (χ3v) is 5.99. The number of hydrogen-bond acceptors (Lipinski definition) is 8. The Bertz CT molecular complexity index is 948. The summed E-state index contributed by atoms with van der Waals surface area (Å²) in [5, 5.41) is 14.9. The van der Waals surface area contributed by atoms with Crippen LogP contribution in [0.5, 0.6) is 23.1 Å². The lowest BCUT2D eigenvalue weighted by molar-refractivity contribution is 0.265. The normalized spacial score (nSPS) is 16.0. The average Bonchev–Trinajstić information content (AvgIpc) is 3.42. The number of rotatable bonds is 6. The highest BCUT2D eigenvalue weighted by molar-refractivity contribution is 7.17. The highest BCUT2D eigenvalue weighted by Crippen LogP contribution is 2.47. The van der Waals surface area contributed by atoms with Gasteiger partial charge in [0.25, 0.3) is 0 Å². The maximum atomic E-state index is 10.8. The highest BCUT2D eigenvalue weighted by Gasteiger charge is 2.34. The molecule has 1 aliphatic rings. The van der Waals surface area contributed by atoms with Crippen molar-refractivity contribution in [3.05, 3.63) is 28.9 Å². The number of hydrogen-bond donors (Lipinski definition) is 1. The third kappa shape index (κ3) is 2.96. The molecule has 1 atom stereocenters. The zero-order valence-electron chi connectivity index (χ0n) is 15.5. The molecule has 1 aliphatic heterocycles. The van der Waals surface area contributed by atoms with Gasteiger partial charge in [0, 0.05) is 11.6 Å². The molecule has 3 aromatic rings. The van der Waals surface area contributed by atoms with E-state index in [1.807, 2.05) is 6.07 Å². The van der Waals surface area contributed by atoms with Crippen molar-refractivity contribution in [3.63, 3.8) is 0 Å². The molecule has 0 bridgehead atoms. The lowest BCUT2D eigenvalue weighted by Crippen LogP contribution is -2.26. The number of fused-ring (bicyclic) bond motifs is 1. The fraction of sp³-hybridized carbons (Fsp3) is 0.444. The van der Waals surface area contributed by atoms with E-state index < -0.39 is 0 Å². The zero-order valence-corrected chi connectivity index (χ0v) is 16.3. The average molecular weight is 390 g/mol. The van der Waals surface area contributed by atoms with Gasteiger partial charge in [0.15, 0.2) is 11.5 Å². The summed E-state index contributed by atoms with van der Waals surface area (Å²) in [7, 11) is 4.85. The van der Waals surface area contributed by atoms with Crippen LogP contribution >= 0.6 is 11.3 Å². The molecule has 1 fully saturated rings. The second-order valence-corrected chi connectivity index (χ2v) is 7.35. The van der Waals surface area contributed by atoms with Crippen LogP contribution in [0.1, 0.15) is 29.3 Å². The molecule has 2 aromatic heterocycles. The molecule has 1 N–H and O–H groups in total. The van der Waals surface area contributed by atoms with E-state index in [1.54, 1.807) is 27.4 Å². The SMILES string of the molecule is COc1cc(OC)c(OC)c(C(c2sc3ncnn3c2O)N2CCCC2)c1. The number of likely N-dealkylation sites (tertiary alicyclic amines) is 1.